The van der Waals surface area contributed by atoms with Crippen LogP contribution in [0, 0.1) is 17.8 Å². The molecule has 2 aliphatic carbocycles. The number of nitrogens with zero attached hydrogens (tertiary/aromatic N) is 2. The Bertz CT molecular complexity index is 557. The lowest BCUT2D eigenvalue weighted by atomic mass is 9.84. The van der Waals surface area contributed by atoms with Crippen molar-refractivity contribution in [1.29, 1.82) is 0 Å². The molecule has 0 spiro atoms. The minimum atomic E-state index is -0.662. The molecule has 2 fully saturated rings. The number of hydrogen-bond acceptors (Lipinski definition) is 3. The van der Waals surface area contributed by atoms with Crippen LogP contribution in [-0.4, -0.2) is 26.9 Å². The Morgan fingerprint density at radius 3 is 2.81 bits per heavy atom. The van der Waals surface area contributed by atoms with Crippen LogP contribution in [-0.2, 0) is 24.8 Å². The van der Waals surface area contributed by atoms with Crippen molar-refractivity contribution in [3.05, 3.63) is 16.4 Å². The molecule has 116 valence electrons. The zero-order chi connectivity index (χ0) is 15.1. The Hall–Kier alpha value is -1.07. The molecule has 5 nitrogen and oxygen atoms in total. The van der Waals surface area contributed by atoms with E-state index in [0.717, 1.165) is 37.1 Å². The number of fused-ring (bicyclic) bond motifs is 2. The highest BCUT2D eigenvalue weighted by atomic mass is 35.5. The molecule has 4 unspecified atom stereocenters. The van der Waals surface area contributed by atoms with Gasteiger partial charge in [0, 0.05) is 19.6 Å². The monoisotopic (exact) mass is 311 g/mol. The largest absolute Gasteiger partial charge is 0.481 e. The molecule has 2 bridgehead atoms. The number of nitrogens with one attached hydrogen (secondary N) is 1. The second kappa shape index (κ2) is 5.61. The minimum absolute atomic E-state index is 0.0669. The number of aryl methyl sites for hydroxylation is 2. The van der Waals surface area contributed by atoms with Crippen LogP contribution in [0.2, 0.25) is 5.02 Å². The topological polar surface area (TPSA) is 67.2 Å². The molecular formula is C15H22ClN3O2. The molecule has 0 saturated heterocycles. The van der Waals surface area contributed by atoms with E-state index in [1.807, 2.05) is 14.0 Å². The second-order valence-corrected chi connectivity index (χ2v) is 6.67. The summed E-state index contributed by atoms with van der Waals surface area (Å²) in [6.45, 7) is 2.61. The quantitative estimate of drug-likeness (QED) is 0.875. The number of aliphatic carboxylic acids is 1. The standard InChI is InChI=1S/C15H22ClN3O2/c1-3-10-13(16)11(19(2)18-10)7-17-14-9-5-4-8(6-9)12(14)15(20)21/h8-9,12,14,17H,3-7H2,1-2H3,(H,20,21). The molecule has 2 aliphatic rings. The summed E-state index contributed by atoms with van der Waals surface area (Å²) in [6, 6.07) is 0.0669. The highest BCUT2D eigenvalue weighted by Crippen LogP contribution is 2.48. The molecule has 0 aliphatic heterocycles. The van der Waals surface area contributed by atoms with Crippen molar-refractivity contribution in [1.82, 2.24) is 15.1 Å². The van der Waals surface area contributed by atoms with Crippen molar-refractivity contribution in [3.63, 3.8) is 0 Å². The van der Waals surface area contributed by atoms with Crippen molar-refractivity contribution >= 4 is 17.6 Å². The summed E-state index contributed by atoms with van der Waals surface area (Å²) in [5, 5.41) is 18.0. The van der Waals surface area contributed by atoms with Gasteiger partial charge in [0.1, 0.15) is 0 Å². The summed E-state index contributed by atoms with van der Waals surface area (Å²) in [6.07, 6.45) is 4.06. The van der Waals surface area contributed by atoms with E-state index in [1.54, 1.807) is 4.68 Å². The fourth-order valence-corrected chi connectivity index (χ4v) is 4.53. The van der Waals surface area contributed by atoms with Gasteiger partial charge in [-0.2, -0.15) is 5.10 Å². The predicted molar refractivity (Wildman–Crippen MR) is 80.2 cm³/mol. The van der Waals surface area contributed by atoms with E-state index in [0.29, 0.717) is 23.4 Å². The van der Waals surface area contributed by atoms with Crippen LogP contribution in [0.3, 0.4) is 0 Å². The number of halogens is 1. The number of carbonyl (C=O) groups is 1. The lowest BCUT2D eigenvalue weighted by Gasteiger charge is -2.29. The van der Waals surface area contributed by atoms with Crippen molar-refractivity contribution in [2.75, 3.05) is 0 Å². The highest BCUT2D eigenvalue weighted by molar-refractivity contribution is 6.31. The van der Waals surface area contributed by atoms with Gasteiger partial charge in [-0.25, -0.2) is 0 Å². The fourth-order valence-electron chi connectivity index (χ4n) is 4.17. The first kappa shape index (κ1) is 14.9. The van der Waals surface area contributed by atoms with Crippen LogP contribution >= 0.6 is 11.6 Å². The number of carboxylic acid groups (broad SMARTS) is 1. The number of hydrogen-bond donors (Lipinski definition) is 2. The molecule has 0 aromatic carbocycles. The molecular weight excluding hydrogens is 290 g/mol. The molecule has 1 heterocycles. The van der Waals surface area contributed by atoms with E-state index in [9.17, 15) is 9.90 Å². The van der Waals surface area contributed by atoms with Crippen LogP contribution < -0.4 is 5.32 Å². The molecule has 0 amide bonds. The summed E-state index contributed by atoms with van der Waals surface area (Å²) >= 11 is 6.35. The van der Waals surface area contributed by atoms with Gasteiger partial charge in [0.15, 0.2) is 0 Å². The van der Waals surface area contributed by atoms with Gasteiger partial charge in [0.05, 0.1) is 22.3 Å². The van der Waals surface area contributed by atoms with Crippen molar-refractivity contribution in [3.8, 4) is 0 Å². The Labute approximate surface area is 129 Å². The summed E-state index contributed by atoms with van der Waals surface area (Å²) in [5.41, 5.74) is 1.85. The summed E-state index contributed by atoms with van der Waals surface area (Å²) in [4.78, 5) is 11.5. The van der Waals surface area contributed by atoms with E-state index >= 15 is 0 Å². The van der Waals surface area contributed by atoms with Gasteiger partial charge in [0.25, 0.3) is 0 Å². The number of carboxylic acids is 1. The number of rotatable bonds is 5. The van der Waals surface area contributed by atoms with E-state index in [2.05, 4.69) is 10.4 Å². The summed E-state index contributed by atoms with van der Waals surface area (Å²) in [5.74, 6) is -0.0709. The van der Waals surface area contributed by atoms with Gasteiger partial charge in [0.2, 0.25) is 0 Å². The molecule has 3 rings (SSSR count). The number of aromatic nitrogens is 2. The molecule has 2 N–H and O–H groups in total. The maximum atomic E-state index is 11.5. The Morgan fingerprint density at radius 2 is 2.19 bits per heavy atom. The van der Waals surface area contributed by atoms with Gasteiger partial charge >= 0.3 is 5.97 Å². The minimum Gasteiger partial charge on any atom is -0.481 e. The Kier molecular flexibility index (Phi) is 3.97. The van der Waals surface area contributed by atoms with Crippen molar-refractivity contribution < 1.29 is 9.90 Å². The van der Waals surface area contributed by atoms with Crippen LogP contribution in [0.15, 0.2) is 0 Å². The SMILES string of the molecule is CCc1nn(C)c(CNC2C3CCC(C3)C2C(=O)O)c1Cl. The predicted octanol–water partition coefficient (Wildman–Crippen LogP) is 2.22. The third kappa shape index (κ3) is 2.46. The third-order valence-corrected chi connectivity index (χ3v) is 5.65. The lowest BCUT2D eigenvalue weighted by Crippen LogP contribution is -2.44. The van der Waals surface area contributed by atoms with Crippen LogP contribution in [0.25, 0.3) is 0 Å². The lowest BCUT2D eigenvalue weighted by molar-refractivity contribution is -0.144. The first-order chi connectivity index (χ1) is 10.0. The Balaban J connectivity index is 1.73. The first-order valence-electron chi connectivity index (χ1n) is 7.69. The molecule has 6 heteroatoms. The summed E-state index contributed by atoms with van der Waals surface area (Å²) < 4.78 is 1.80. The molecule has 21 heavy (non-hydrogen) atoms. The maximum Gasteiger partial charge on any atom is 0.308 e. The van der Waals surface area contributed by atoms with Crippen LogP contribution in [0.4, 0.5) is 0 Å². The fraction of sp³-hybridized carbons (Fsp3) is 0.733. The van der Waals surface area contributed by atoms with E-state index in [4.69, 9.17) is 11.6 Å². The molecule has 4 atom stereocenters. The van der Waals surface area contributed by atoms with Gasteiger partial charge in [-0.15, -0.1) is 0 Å². The molecule has 2 saturated carbocycles. The van der Waals surface area contributed by atoms with E-state index in [1.165, 1.54) is 0 Å². The van der Waals surface area contributed by atoms with Gasteiger partial charge in [-0.1, -0.05) is 18.5 Å². The van der Waals surface area contributed by atoms with E-state index < -0.39 is 5.97 Å². The molecule has 1 aromatic heterocycles. The first-order valence-corrected chi connectivity index (χ1v) is 8.07. The smallest absolute Gasteiger partial charge is 0.308 e. The molecule has 0 radical (unpaired) electrons. The second-order valence-electron chi connectivity index (χ2n) is 6.29. The van der Waals surface area contributed by atoms with Crippen LogP contribution in [0.5, 0.6) is 0 Å². The maximum absolute atomic E-state index is 11.5. The summed E-state index contributed by atoms with van der Waals surface area (Å²) in [7, 11) is 1.89. The average Bonchev–Trinajstić information content (AvgIpc) is 3.11. The molecule has 1 aromatic rings. The third-order valence-electron chi connectivity index (χ3n) is 5.21. The zero-order valence-electron chi connectivity index (χ0n) is 12.5. The van der Waals surface area contributed by atoms with Crippen molar-refractivity contribution in [2.24, 2.45) is 24.8 Å². The van der Waals surface area contributed by atoms with Gasteiger partial charge in [-0.3, -0.25) is 9.48 Å². The zero-order valence-corrected chi connectivity index (χ0v) is 13.2. The van der Waals surface area contributed by atoms with Gasteiger partial charge in [-0.05, 0) is 37.5 Å². The van der Waals surface area contributed by atoms with Crippen molar-refractivity contribution in [2.45, 2.75) is 45.2 Å². The highest BCUT2D eigenvalue weighted by Gasteiger charge is 2.50. The van der Waals surface area contributed by atoms with E-state index in [-0.39, 0.29) is 12.0 Å². The van der Waals surface area contributed by atoms with Crippen LogP contribution in [0.1, 0.15) is 37.6 Å². The average molecular weight is 312 g/mol. The Morgan fingerprint density at radius 1 is 1.48 bits per heavy atom. The normalized spacial score (nSPS) is 31.0. The van der Waals surface area contributed by atoms with Gasteiger partial charge < -0.3 is 10.4 Å².